The number of rotatable bonds is 8. The Bertz CT molecular complexity index is 239. The average Bonchev–Trinajstić information content (AvgIpc) is 2.26. The van der Waals surface area contributed by atoms with E-state index in [1.165, 1.54) is 0 Å². The van der Waals surface area contributed by atoms with Gasteiger partial charge in [-0.25, -0.2) is 4.79 Å². The van der Waals surface area contributed by atoms with E-state index in [2.05, 4.69) is 5.32 Å². The maximum atomic E-state index is 11.4. The number of carboxylic acid groups (broad SMARTS) is 1. The lowest BCUT2D eigenvalue weighted by atomic mass is 9.93. The van der Waals surface area contributed by atoms with Crippen molar-refractivity contribution in [2.45, 2.75) is 32.2 Å². The molecular formula is C10H20N2O4. The van der Waals surface area contributed by atoms with Crippen LogP contribution < -0.4 is 11.1 Å². The molecule has 0 heterocycles. The van der Waals surface area contributed by atoms with Crippen LogP contribution in [0.3, 0.4) is 0 Å². The number of aliphatic carboxylic acids is 1. The number of carboxylic acids is 1. The zero-order valence-corrected chi connectivity index (χ0v) is 9.78. The molecule has 0 bridgehead atoms. The standard InChI is InChI=1S/C10H20N2O4/c1-3-10(4-2,9(14)15)12-8(13)7-16-6-5-11/h3-7,11H2,1-2H3,(H,12,13)(H,14,15). The second kappa shape index (κ2) is 7.19. The number of hydrogen-bond donors (Lipinski definition) is 3. The van der Waals surface area contributed by atoms with Gasteiger partial charge in [0.05, 0.1) is 6.61 Å². The van der Waals surface area contributed by atoms with Crippen molar-refractivity contribution >= 4 is 11.9 Å². The van der Waals surface area contributed by atoms with Crippen LogP contribution in [0.1, 0.15) is 26.7 Å². The first-order valence-corrected chi connectivity index (χ1v) is 5.34. The van der Waals surface area contributed by atoms with Crippen LogP contribution in [-0.2, 0) is 14.3 Å². The largest absolute Gasteiger partial charge is 0.480 e. The predicted molar refractivity (Wildman–Crippen MR) is 59.0 cm³/mol. The van der Waals surface area contributed by atoms with E-state index in [9.17, 15) is 9.59 Å². The Kier molecular flexibility index (Phi) is 6.67. The fraction of sp³-hybridized carbons (Fsp3) is 0.800. The smallest absolute Gasteiger partial charge is 0.329 e. The first-order valence-electron chi connectivity index (χ1n) is 5.34. The Morgan fingerprint density at radius 3 is 2.31 bits per heavy atom. The minimum Gasteiger partial charge on any atom is -0.480 e. The first kappa shape index (κ1) is 14.9. The molecule has 0 unspecified atom stereocenters. The second-order valence-corrected chi connectivity index (χ2v) is 3.48. The summed E-state index contributed by atoms with van der Waals surface area (Å²) in [6.07, 6.45) is 0.670. The molecular weight excluding hydrogens is 212 g/mol. The summed E-state index contributed by atoms with van der Waals surface area (Å²) in [4.78, 5) is 22.5. The van der Waals surface area contributed by atoms with Crippen molar-refractivity contribution in [2.24, 2.45) is 5.73 Å². The van der Waals surface area contributed by atoms with E-state index in [-0.39, 0.29) is 13.2 Å². The maximum absolute atomic E-state index is 11.4. The molecule has 0 saturated carbocycles. The molecule has 0 aromatic carbocycles. The van der Waals surface area contributed by atoms with Gasteiger partial charge < -0.3 is 20.9 Å². The van der Waals surface area contributed by atoms with Crippen LogP contribution in [0.25, 0.3) is 0 Å². The number of carbonyl (C=O) groups is 2. The van der Waals surface area contributed by atoms with Gasteiger partial charge in [0.1, 0.15) is 12.1 Å². The van der Waals surface area contributed by atoms with Gasteiger partial charge in [-0.15, -0.1) is 0 Å². The van der Waals surface area contributed by atoms with Crippen molar-refractivity contribution in [3.63, 3.8) is 0 Å². The molecule has 0 fully saturated rings. The summed E-state index contributed by atoms with van der Waals surface area (Å²) in [6, 6.07) is 0. The Balaban J connectivity index is 4.29. The number of nitrogens with one attached hydrogen (secondary N) is 1. The normalized spacial score (nSPS) is 11.2. The highest BCUT2D eigenvalue weighted by Gasteiger charge is 2.36. The fourth-order valence-corrected chi connectivity index (χ4v) is 1.33. The molecule has 6 heteroatoms. The van der Waals surface area contributed by atoms with Crippen LogP contribution >= 0.6 is 0 Å². The summed E-state index contributed by atoms with van der Waals surface area (Å²) in [7, 11) is 0. The van der Waals surface area contributed by atoms with Crippen molar-refractivity contribution in [3.05, 3.63) is 0 Å². The molecule has 0 rings (SSSR count). The molecule has 94 valence electrons. The number of ether oxygens (including phenoxy) is 1. The van der Waals surface area contributed by atoms with Gasteiger partial charge in [-0.05, 0) is 12.8 Å². The SMILES string of the molecule is CCC(CC)(NC(=O)COCCN)C(=O)O. The quantitative estimate of drug-likeness (QED) is 0.500. The Morgan fingerprint density at radius 2 is 1.94 bits per heavy atom. The lowest BCUT2D eigenvalue weighted by Crippen LogP contribution is -2.54. The van der Waals surface area contributed by atoms with E-state index in [0.29, 0.717) is 19.4 Å². The average molecular weight is 232 g/mol. The predicted octanol–water partition coefficient (Wildman–Crippen LogP) is -0.279. The van der Waals surface area contributed by atoms with Gasteiger partial charge in [0.25, 0.3) is 0 Å². The van der Waals surface area contributed by atoms with Gasteiger partial charge in [-0.2, -0.15) is 0 Å². The highest BCUT2D eigenvalue weighted by Crippen LogP contribution is 2.15. The van der Waals surface area contributed by atoms with Gasteiger partial charge in [0.15, 0.2) is 0 Å². The Morgan fingerprint density at radius 1 is 1.38 bits per heavy atom. The van der Waals surface area contributed by atoms with E-state index in [0.717, 1.165) is 0 Å². The Hall–Kier alpha value is -1.14. The van der Waals surface area contributed by atoms with Crippen LogP contribution in [-0.4, -0.2) is 42.3 Å². The van der Waals surface area contributed by atoms with E-state index in [4.69, 9.17) is 15.6 Å². The summed E-state index contributed by atoms with van der Waals surface area (Å²) in [6.45, 7) is 3.90. The zero-order chi connectivity index (χ0) is 12.6. The molecule has 4 N–H and O–H groups in total. The monoisotopic (exact) mass is 232 g/mol. The van der Waals surface area contributed by atoms with Crippen LogP contribution in [0.2, 0.25) is 0 Å². The number of carbonyl (C=O) groups excluding carboxylic acids is 1. The lowest BCUT2D eigenvalue weighted by molar-refractivity contribution is -0.148. The van der Waals surface area contributed by atoms with Gasteiger partial charge in [-0.3, -0.25) is 4.79 Å². The highest BCUT2D eigenvalue weighted by atomic mass is 16.5. The summed E-state index contributed by atoms with van der Waals surface area (Å²) in [5.41, 5.74) is 4.00. The van der Waals surface area contributed by atoms with Gasteiger partial charge in [0.2, 0.25) is 5.91 Å². The van der Waals surface area contributed by atoms with E-state index in [1.54, 1.807) is 13.8 Å². The molecule has 0 aliphatic heterocycles. The van der Waals surface area contributed by atoms with Gasteiger partial charge in [0, 0.05) is 6.54 Å². The summed E-state index contributed by atoms with van der Waals surface area (Å²) in [5, 5.41) is 11.6. The highest BCUT2D eigenvalue weighted by molar-refractivity contribution is 5.87. The third kappa shape index (κ3) is 4.16. The molecule has 16 heavy (non-hydrogen) atoms. The molecule has 0 spiro atoms. The summed E-state index contributed by atoms with van der Waals surface area (Å²) in [5.74, 6) is -1.45. The molecule has 0 atom stereocenters. The summed E-state index contributed by atoms with van der Waals surface area (Å²) >= 11 is 0. The topological polar surface area (TPSA) is 102 Å². The molecule has 6 nitrogen and oxygen atoms in total. The van der Waals surface area contributed by atoms with Crippen molar-refractivity contribution in [1.82, 2.24) is 5.32 Å². The maximum Gasteiger partial charge on any atom is 0.329 e. The van der Waals surface area contributed by atoms with E-state index < -0.39 is 17.4 Å². The molecule has 0 radical (unpaired) electrons. The summed E-state index contributed by atoms with van der Waals surface area (Å²) < 4.78 is 4.93. The molecule has 1 amide bonds. The molecule has 0 aliphatic rings. The lowest BCUT2D eigenvalue weighted by Gasteiger charge is -2.27. The number of hydrogen-bond acceptors (Lipinski definition) is 4. The number of nitrogens with two attached hydrogens (primary N) is 1. The van der Waals surface area contributed by atoms with Crippen LogP contribution in [0.5, 0.6) is 0 Å². The Labute approximate surface area is 95.1 Å². The van der Waals surface area contributed by atoms with Gasteiger partial charge in [-0.1, -0.05) is 13.8 Å². The van der Waals surface area contributed by atoms with E-state index in [1.807, 2.05) is 0 Å². The molecule has 0 aliphatic carbocycles. The minimum atomic E-state index is -1.19. The van der Waals surface area contributed by atoms with Crippen molar-refractivity contribution in [1.29, 1.82) is 0 Å². The number of amides is 1. The molecule has 0 saturated heterocycles. The van der Waals surface area contributed by atoms with Crippen LogP contribution in [0, 0.1) is 0 Å². The van der Waals surface area contributed by atoms with Gasteiger partial charge >= 0.3 is 5.97 Å². The minimum absolute atomic E-state index is 0.160. The second-order valence-electron chi connectivity index (χ2n) is 3.48. The third-order valence-electron chi connectivity index (χ3n) is 2.49. The fourth-order valence-electron chi connectivity index (χ4n) is 1.33. The van der Waals surface area contributed by atoms with Crippen molar-refractivity contribution < 1.29 is 19.4 Å². The third-order valence-corrected chi connectivity index (χ3v) is 2.49. The van der Waals surface area contributed by atoms with Crippen LogP contribution in [0.15, 0.2) is 0 Å². The molecule has 0 aromatic rings. The van der Waals surface area contributed by atoms with Crippen molar-refractivity contribution in [3.8, 4) is 0 Å². The zero-order valence-electron chi connectivity index (χ0n) is 9.78. The first-order chi connectivity index (χ1) is 7.52. The van der Waals surface area contributed by atoms with Crippen LogP contribution in [0.4, 0.5) is 0 Å². The van der Waals surface area contributed by atoms with E-state index >= 15 is 0 Å². The molecule has 0 aromatic heterocycles. The van der Waals surface area contributed by atoms with Crippen molar-refractivity contribution in [2.75, 3.05) is 19.8 Å².